The number of halogens is 3. The molecule has 29 heavy (non-hydrogen) atoms. The highest BCUT2D eigenvalue weighted by Crippen LogP contribution is 2.34. The van der Waals surface area contributed by atoms with E-state index in [-0.39, 0.29) is 6.61 Å². The van der Waals surface area contributed by atoms with Gasteiger partial charge in [0.25, 0.3) is 0 Å². The lowest BCUT2D eigenvalue weighted by Crippen LogP contribution is -2.17. The second-order valence-corrected chi connectivity index (χ2v) is 7.39. The summed E-state index contributed by atoms with van der Waals surface area (Å²) < 4.78 is 30.6. The van der Waals surface area contributed by atoms with E-state index in [4.69, 9.17) is 37.4 Å². The highest BCUT2D eigenvalue weighted by molar-refractivity contribution is 6.31. The molecule has 0 aromatic heterocycles. The molecule has 1 N–H and O–H groups in total. The minimum Gasteiger partial charge on any atom is -0.493 e. The predicted molar refractivity (Wildman–Crippen MR) is 116 cm³/mol. The lowest BCUT2D eigenvalue weighted by atomic mass is 10.2. The van der Waals surface area contributed by atoms with Gasteiger partial charge in [-0.1, -0.05) is 42.6 Å². The van der Waals surface area contributed by atoms with Crippen LogP contribution in [0.2, 0.25) is 10.0 Å². The summed E-state index contributed by atoms with van der Waals surface area (Å²) in [5.41, 5.74) is 1.19. The molecule has 0 amide bonds. The number of methoxy groups -OCH3 is 1. The van der Waals surface area contributed by atoms with Crippen LogP contribution in [0.4, 0.5) is 4.39 Å². The highest BCUT2D eigenvalue weighted by atomic mass is 35.5. The summed E-state index contributed by atoms with van der Waals surface area (Å²) in [5, 5.41) is 4.21. The Kier molecular flexibility index (Phi) is 10.6. The molecule has 2 rings (SSSR count). The maximum atomic E-state index is 13.9. The normalized spacial score (nSPS) is 10.9. The van der Waals surface area contributed by atoms with Gasteiger partial charge in [-0.05, 0) is 43.1 Å². The molecular weight excluding hydrogens is 416 g/mol. The average Bonchev–Trinajstić information content (AvgIpc) is 2.70. The Labute approximate surface area is 182 Å². The molecule has 0 atom stereocenters. The molecule has 0 spiro atoms. The van der Waals surface area contributed by atoms with Gasteiger partial charge in [0.2, 0.25) is 0 Å². The van der Waals surface area contributed by atoms with Crippen molar-refractivity contribution in [2.24, 2.45) is 0 Å². The van der Waals surface area contributed by atoms with Crippen molar-refractivity contribution in [2.45, 2.75) is 39.3 Å². The quantitative estimate of drug-likeness (QED) is 0.384. The monoisotopic (exact) mass is 443 g/mol. The molecule has 0 unspecified atom stereocenters. The molecule has 0 aliphatic heterocycles. The molecule has 0 heterocycles. The van der Waals surface area contributed by atoms with Crippen molar-refractivity contribution in [1.82, 2.24) is 5.32 Å². The molecule has 160 valence electrons. The fourth-order valence-electron chi connectivity index (χ4n) is 2.68. The van der Waals surface area contributed by atoms with Crippen LogP contribution < -0.4 is 14.8 Å². The van der Waals surface area contributed by atoms with Gasteiger partial charge in [0, 0.05) is 36.4 Å². The third-order valence-corrected chi connectivity index (χ3v) is 5.07. The van der Waals surface area contributed by atoms with Crippen LogP contribution in [0.1, 0.15) is 37.3 Å². The zero-order chi connectivity index (χ0) is 21.1. The average molecular weight is 444 g/mol. The molecule has 0 aliphatic rings. The molecule has 7 heteroatoms. The third-order valence-electron chi connectivity index (χ3n) is 4.37. The van der Waals surface area contributed by atoms with E-state index in [0.717, 1.165) is 44.6 Å². The zero-order valence-corrected chi connectivity index (χ0v) is 18.4. The van der Waals surface area contributed by atoms with E-state index < -0.39 is 5.82 Å². The van der Waals surface area contributed by atoms with Crippen LogP contribution in [0.5, 0.6) is 11.5 Å². The van der Waals surface area contributed by atoms with Crippen molar-refractivity contribution < 1.29 is 18.6 Å². The maximum absolute atomic E-state index is 13.9. The smallest absolute Gasteiger partial charge is 0.163 e. The van der Waals surface area contributed by atoms with Crippen molar-refractivity contribution in [1.29, 1.82) is 0 Å². The standard InChI is InChI=1S/C22H28Cl2FNO3/c1-3-4-10-28-11-6-9-26-14-16-12-21(27-2)22(13-19(16)24)29-15-17-18(23)7-5-8-20(17)25/h5,7-8,12-13,26H,3-4,6,9-11,14-15H2,1-2H3. The molecule has 4 nitrogen and oxygen atoms in total. The summed E-state index contributed by atoms with van der Waals surface area (Å²) in [4.78, 5) is 0. The van der Waals surface area contributed by atoms with Gasteiger partial charge in [-0.15, -0.1) is 0 Å². The van der Waals surface area contributed by atoms with Crippen molar-refractivity contribution in [3.63, 3.8) is 0 Å². The largest absolute Gasteiger partial charge is 0.493 e. The first-order chi connectivity index (χ1) is 14.1. The zero-order valence-electron chi connectivity index (χ0n) is 16.9. The molecule has 0 bridgehead atoms. The first-order valence-corrected chi connectivity index (χ1v) is 10.5. The van der Waals surface area contributed by atoms with E-state index in [1.54, 1.807) is 25.3 Å². The number of rotatable bonds is 13. The SMILES string of the molecule is CCCCOCCCNCc1cc(OC)c(OCc2c(F)cccc2Cl)cc1Cl. The van der Waals surface area contributed by atoms with Crippen LogP contribution in [0.3, 0.4) is 0 Å². The molecule has 0 saturated heterocycles. The Morgan fingerprint density at radius 1 is 1.03 bits per heavy atom. The summed E-state index contributed by atoms with van der Waals surface area (Å²) in [6, 6.07) is 8.03. The second kappa shape index (κ2) is 12.9. The van der Waals surface area contributed by atoms with E-state index in [1.807, 2.05) is 6.07 Å². The van der Waals surface area contributed by atoms with E-state index in [0.29, 0.717) is 33.7 Å². The van der Waals surface area contributed by atoms with Crippen LogP contribution in [0.25, 0.3) is 0 Å². The Morgan fingerprint density at radius 3 is 2.55 bits per heavy atom. The number of hydrogen-bond acceptors (Lipinski definition) is 4. The minimum atomic E-state index is -0.415. The van der Waals surface area contributed by atoms with Gasteiger partial charge in [-0.2, -0.15) is 0 Å². The first kappa shape index (κ1) is 23.7. The number of ether oxygens (including phenoxy) is 3. The second-order valence-electron chi connectivity index (χ2n) is 6.58. The molecule has 0 radical (unpaired) electrons. The van der Waals surface area contributed by atoms with E-state index in [1.165, 1.54) is 6.07 Å². The van der Waals surface area contributed by atoms with Gasteiger partial charge >= 0.3 is 0 Å². The topological polar surface area (TPSA) is 39.7 Å². The van der Waals surface area contributed by atoms with Crippen LogP contribution in [-0.2, 0) is 17.9 Å². The fraction of sp³-hybridized carbons (Fsp3) is 0.455. The first-order valence-electron chi connectivity index (χ1n) is 9.77. The van der Waals surface area contributed by atoms with Gasteiger partial charge in [0.15, 0.2) is 11.5 Å². The third kappa shape index (κ3) is 7.67. The fourth-order valence-corrected chi connectivity index (χ4v) is 3.11. The Hall–Kier alpha value is -1.53. The van der Waals surface area contributed by atoms with Gasteiger partial charge in [-0.25, -0.2) is 4.39 Å². The lowest BCUT2D eigenvalue weighted by Gasteiger charge is -2.15. The summed E-state index contributed by atoms with van der Waals surface area (Å²) in [6.45, 7) is 5.12. The number of nitrogens with one attached hydrogen (secondary N) is 1. The number of benzene rings is 2. The predicted octanol–water partition coefficient (Wildman–Crippen LogP) is 6.02. The molecule has 0 aliphatic carbocycles. The summed E-state index contributed by atoms with van der Waals surface area (Å²) >= 11 is 12.4. The molecule has 0 fully saturated rings. The molecule has 2 aromatic carbocycles. The van der Waals surface area contributed by atoms with Gasteiger partial charge in [0.1, 0.15) is 12.4 Å². The molecule has 0 saturated carbocycles. The van der Waals surface area contributed by atoms with Crippen molar-refractivity contribution in [3.05, 3.63) is 57.3 Å². The van der Waals surface area contributed by atoms with Crippen molar-refractivity contribution >= 4 is 23.2 Å². The number of hydrogen-bond donors (Lipinski definition) is 1. The molecule has 2 aromatic rings. The number of unbranched alkanes of at least 4 members (excludes halogenated alkanes) is 1. The van der Waals surface area contributed by atoms with E-state index in [9.17, 15) is 4.39 Å². The Morgan fingerprint density at radius 2 is 1.83 bits per heavy atom. The summed E-state index contributed by atoms with van der Waals surface area (Å²) in [5.74, 6) is 0.550. The van der Waals surface area contributed by atoms with Crippen LogP contribution in [0.15, 0.2) is 30.3 Å². The van der Waals surface area contributed by atoms with E-state index >= 15 is 0 Å². The van der Waals surface area contributed by atoms with Crippen LogP contribution in [0, 0.1) is 5.82 Å². The van der Waals surface area contributed by atoms with Gasteiger partial charge in [0.05, 0.1) is 12.1 Å². The maximum Gasteiger partial charge on any atom is 0.163 e. The lowest BCUT2D eigenvalue weighted by molar-refractivity contribution is 0.129. The van der Waals surface area contributed by atoms with Crippen molar-refractivity contribution in [3.8, 4) is 11.5 Å². The summed E-state index contributed by atoms with van der Waals surface area (Å²) in [7, 11) is 1.55. The Bertz CT molecular complexity index is 754. The van der Waals surface area contributed by atoms with Crippen LogP contribution in [-0.4, -0.2) is 26.9 Å². The van der Waals surface area contributed by atoms with Gasteiger partial charge in [-0.3, -0.25) is 0 Å². The minimum absolute atomic E-state index is 0.0200. The molecular formula is C22H28Cl2FNO3. The van der Waals surface area contributed by atoms with E-state index in [2.05, 4.69) is 12.2 Å². The highest BCUT2D eigenvalue weighted by Gasteiger charge is 2.13. The Balaban J connectivity index is 1.89. The van der Waals surface area contributed by atoms with Crippen LogP contribution >= 0.6 is 23.2 Å². The van der Waals surface area contributed by atoms with Crippen molar-refractivity contribution in [2.75, 3.05) is 26.9 Å². The summed E-state index contributed by atoms with van der Waals surface area (Å²) in [6.07, 6.45) is 3.18. The van der Waals surface area contributed by atoms with Gasteiger partial charge < -0.3 is 19.5 Å².